The molecule has 1 aromatic carbocycles. The summed E-state index contributed by atoms with van der Waals surface area (Å²) in [6.07, 6.45) is 0.567. The maximum Gasteiger partial charge on any atom is 0.224 e. The molecule has 0 unspecified atom stereocenters. The Hall–Kier alpha value is -1.35. The first-order valence-corrected chi connectivity index (χ1v) is 5.74. The van der Waals surface area contributed by atoms with Gasteiger partial charge in [-0.05, 0) is 19.5 Å². The van der Waals surface area contributed by atoms with Gasteiger partial charge in [-0.1, -0.05) is 30.3 Å². The van der Waals surface area contributed by atoms with E-state index in [4.69, 9.17) is 0 Å². The molecule has 1 N–H and O–H groups in total. The second kappa shape index (κ2) is 7.01. The molecule has 3 nitrogen and oxygen atoms in total. The molecular weight excluding hydrogens is 200 g/mol. The van der Waals surface area contributed by atoms with E-state index < -0.39 is 0 Å². The highest BCUT2D eigenvalue weighted by atomic mass is 16.2. The highest BCUT2D eigenvalue weighted by molar-refractivity contribution is 5.76. The molecule has 0 radical (unpaired) electrons. The van der Waals surface area contributed by atoms with Gasteiger partial charge in [-0.25, -0.2) is 0 Å². The van der Waals surface area contributed by atoms with Crippen molar-refractivity contribution in [1.29, 1.82) is 0 Å². The third kappa shape index (κ3) is 4.03. The molecule has 0 saturated heterocycles. The second-order valence-electron chi connectivity index (χ2n) is 3.75. The summed E-state index contributed by atoms with van der Waals surface area (Å²) in [5.74, 6) is 0.209. The lowest BCUT2D eigenvalue weighted by molar-refractivity contribution is -0.131. The van der Waals surface area contributed by atoms with Crippen molar-refractivity contribution < 1.29 is 4.79 Å². The second-order valence-corrected chi connectivity index (χ2v) is 3.75. The topological polar surface area (TPSA) is 32.3 Å². The van der Waals surface area contributed by atoms with Crippen molar-refractivity contribution in [1.82, 2.24) is 10.2 Å². The lowest BCUT2D eigenvalue weighted by Crippen LogP contribution is -2.32. The van der Waals surface area contributed by atoms with Crippen molar-refractivity contribution in [2.75, 3.05) is 20.1 Å². The van der Waals surface area contributed by atoms with E-state index in [2.05, 4.69) is 5.32 Å². The molecule has 0 bridgehead atoms. The van der Waals surface area contributed by atoms with Crippen molar-refractivity contribution >= 4 is 5.91 Å². The number of carbonyl (C=O) groups excluding carboxylic acids is 1. The molecule has 0 saturated carbocycles. The number of amides is 1. The fourth-order valence-corrected chi connectivity index (χ4v) is 1.57. The van der Waals surface area contributed by atoms with Gasteiger partial charge in [0.15, 0.2) is 0 Å². The molecular formula is C13H20N2O. The Kier molecular flexibility index (Phi) is 5.57. The largest absolute Gasteiger partial charge is 0.339 e. The van der Waals surface area contributed by atoms with Crippen molar-refractivity contribution in [2.24, 2.45) is 0 Å². The Bertz CT molecular complexity index is 311. The predicted molar refractivity (Wildman–Crippen MR) is 66.1 cm³/mol. The number of hydrogen-bond acceptors (Lipinski definition) is 2. The van der Waals surface area contributed by atoms with Gasteiger partial charge in [-0.2, -0.15) is 0 Å². The minimum absolute atomic E-state index is 0.209. The van der Waals surface area contributed by atoms with Crippen molar-refractivity contribution in [2.45, 2.75) is 19.9 Å². The zero-order valence-electron chi connectivity index (χ0n) is 10.1. The Morgan fingerprint density at radius 3 is 2.56 bits per heavy atom. The predicted octanol–water partition coefficient (Wildman–Crippen LogP) is 1.64. The molecule has 0 aliphatic rings. The van der Waals surface area contributed by atoms with Gasteiger partial charge in [0.1, 0.15) is 0 Å². The fourth-order valence-electron chi connectivity index (χ4n) is 1.57. The minimum atomic E-state index is 0.209. The van der Waals surface area contributed by atoms with Gasteiger partial charge < -0.3 is 10.2 Å². The average Bonchev–Trinajstić information content (AvgIpc) is 2.34. The zero-order valence-corrected chi connectivity index (χ0v) is 10.1. The molecule has 1 amide bonds. The first kappa shape index (κ1) is 12.7. The standard InChI is InChI=1S/C13H20N2O/c1-3-15(13(16)9-10-14-2)11-12-7-5-4-6-8-12/h4-8,14H,3,9-11H2,1-2H3. The summed E-state index contributed by atoms with van der Waals surface area (Å²) in [7, 11) is 1.86. The van der Waals surface area contributed by atoms with Crippen LogP contribution in [0.1, 0.15) is 18.9 Å². The number of benzene rings is 1. The average molecular weight is 220 g/mol. The lowest BCUT2D eigenvalue weighted by Gasteiger charge is -2.21. The summed E-state index contributed by atoms with van der Waals surface area (Å²) in [6, 6.07) is 10.1. The smallest absolute Gasteiger partial charge is 0.224 e. The maximum atomic E-state index is 11.8. The molecule has 0 aliphatic heterocycles. The number of rotatable bonds is 6. The van der Waals surface area contributed by atoms with Gasteiger partial charge >= 0.3 is 0 Å². The molecule has 0 spiro atoms. The van der Waals surface area contributed by atoms with E-state index in [1.54, 1.807) is 0 Å². The van der Waals surface area contributed by atoms with E-state index in [-0.39, 0.29) is 5.91 Å². The Morgan fingerprint density at radius 2 is 2.00 bits per heavy atom. The monoisotopic (exact) mass is 220 g/mol. The molecule has 0 aromatic heterocycles. The van der Waals surface area contributed by atoms with Crippen LogP contribution in [0.5, 0.6) is 0 Å². The molecule has 0 fully saturated rings. The van der Waals surface area contributed by atoms with Crippen LogP contribution < -0.4 is 5.32 Å². The molecule has 0 atom stereocenters. The molecule has 88 valence electrons. The van der Waals surface area contributed by atoms with Crippen LogP contribution in [0.4, 0.5) is 0 Å². The number of carbonyl (C=O) groups is 1. The van der Waals surface area contributed by atoms with Crippen LogP contribution in [0, 0.1) is 0 Å². The summed E-state index contributed by atoms with van der Waals surface area (Å²) in [4.78, 5) is 13.7. The third-order valence-electron chi connectivity index (χ3n) is 2.54. The van der Waals surface area contributed by atoms with Crippen molar-refractivity contribution in [3.63, 3.8) is 0 Å². The molecule has 3 heteroatoms. The van der Waals surface area contributed by atoms with E-state index in [1.165, 1.54) is 5.56 Å². The zero-order chi connectivity index (χ0) is 11.8. The highest BCUT2D eigenvalue weighted by Gasteiger charge is 2.10. The Labute approximate surface area is 97.5 Å². The van der Waals surface area contributed by atoms with E-state index in [1.807, 2.05) is 49.2 Å². The van der Waals surface area contributed by atoms with E-state index in [9.17, 15) is 4.79 Å². The summed E-state index contributed by atoms with van der Waals surface area (Å²) >= 11 is 0. The van der Waals surface area contributed by atoms with Crippen molar-refractivity contribution in [3.8, 4) is 0 Å². The van der Waals surface area contributed by atoms with Gasteiger partial charge in [0.05, 0.1) is 0 Å². The van der Waals surface area contributed by atoms with Crippen LogP contribution in [0.25, 0.3) is 0 Å². The van der Waals surface area contributed by atoms with Gasteiger partial charge in [0.25, 0.3) is 0 Å². The first-order chi connectivity index (χ1) is 7.77. The van der Waals surface area contributed by atoms with Crippen LogP contribution in [-0.4, -0.2) is 30.9 Å². The van der Waals surface area contributed by atoms with Gasteiger partial charge in [-0.15, -0.1) is 0 Å². The molecule has 1 aromatic rings. The van der Waals surface area contributed by atoms with Crippen LogP contribution in [0.15, 0.2) is 30.3 Å². The molecule has 16 heavy (non-hydrogen) atoms. The van der Waals surface area contributed by atoms with Gasteiger partial charge in [0.2, 0.25) is 5.91 Å². The lowest BCUT2D eigenvalue weighted by atomic mass is 10.2. The maximum absolute atomic E-state index is 11.8. The van der Waals surface area contributed by atoms with Crippen LogP contribution >= 0.6 is 0 Å². The number of nitrogens with one attached hydrogen (secondary N) is 1. The Morgan fingerprint density at radius 1 is 1.31 bits per heavy atom. The fraction of sp³-hybridized carbons (Fsp3) is 0.462. The third-order valence-corrected chi connectivity index (χ3v) is 2.54. The van der Waals surface area contributed by atoms with Gasteiger partial charge in [-0.3, -0.25) is 4.79 Å². The van der Waals surface area contributed by atoms with E-state index in [0.717, 1.165) is 13.1 Å². The Balaban J connectivity index is 2.52. The summed E-state index contributed by atoms with van der Waals surface area (Å²) in [5, 5.41) is 2.99. The number of nitrogens with zero attached hydrogens (tertiary/aromatic N) is 1. The minimum Gasteiger partial charge on any atom is -0.339 e. The molecule has 0 heterocycles. The highest BCUT2D eigenvalue weighted by Crippen LogP contribution is 2.05. The van der Waals surface area contributed by atoms with Crippen molar-refractivity contribution in [3.05, 3.63) is 35.9 Å². The quantitative estimate of drug-likeness (QED) is 0.790. The number of hydrogen-bond donors (Lipinski definition) is 1. The van der Waals surface area contributed by atoms with Crippen LogP contribution in [-0.2, 0) is 11.3 Å². The summed E-state index contributed by atoms with van der Waals surface area (Å²) in [5.41, 5.74) is 1.18. The summed E-state index contributed by atoms with van der Waals surface area (Å²) in [6.45, 7) is 4.22. The molecule has 1 rings (SSSR count). The van der Waals surface area contributed by atoms with Crippen LogP contribution in [0.2, 0.25) is 0 Å². The normalized spacial score (nSPS) is 10.1. The van der Waals surface area contributed by atoms with Gasteiger partial charge in [0, 0.05) is 26.1 Å². The van der Waals surface area contributed by atoms with E-state index in [0.29, 0.717) is 13.0 Å². The van der Waals surface area contributed by atoms with Crippen LogP contribution in [0.3, 0.4) is 0 Å². The summed E-state index contributed by atoms with van der Waals surface area (Å²) < 4.78 is 0. The SMILES string of the molecule is CCN(Cc1ccccc1)C(=O)CCNC. The molecule has 0 aliphatic carbocycles. The van der Waals surface area contributed by atoms with E-state index >= 15 is 0 Å². The first-order valence-electron chi connectivity index (χ1n) is 5.74.